The van der Waals surface area contributed by atoms with Gasteiger partial charge in [-0.05, 0) is 37.8 Å². The van der Waals surface area contributed by atoms with E-state index in [-0.39, 0.29) is 0 Å². The van der Waals surface area contributed by atoms with Gasteiger partial charge in [-0.25, -0.2) is 8.42 Å². The molecule has 0 aromatic rings. The number of nitrogens with one attached hydrogen (secondary N) is 1. The Morgan fingerprint density at radius 3 is 2.55 bits per heavy atom. The Kier molecular flexibility index (Phi) is 7.48. The van der Waals surface area contributed by atoms with Crippen molar-refractivity contribution in [2.75, 3.05) is 26.2 Å². The summed E-state index contributed by atoms with van der Waals surface area (Å²) in [7, 11) is -3.33. The number of hydrogen-bond acceptors (Lipinski definition) is 3. The molecule has 0 bridgehead atoms. The summed E-state index contributed by atoms with van der Waals surface area (Å²) in [6.07, 6.45) is 8.61. The van der Waals surface area contributed by atoms with E-state index in [1.807, 2.05) is 19.1 Å². The van der Waals surface area contributed by atoms with Gasteiger partial charge < -0.3 is 5.32 Å². The molecule has 0 saturated carbocycles. The van der Waals surface area contributed by atoms with Crippen molar-refractivity contribution in [3.8, 4) is 0 Å². The van der Waals surface area contributed by atoms with E-state index in [1.165, 1.54) is 0 Å². The van der Waals surface area contributed by atoms with Crippen LogP contribution in [0.25, 0.3) is 0 Å². The Hall–Kier alpha value is -0.650. The van der Waals surface area contributed by atoms with E-state index in [4.69, 9.17) is 0 Å². The minimum Gasteiger partial charge on any atom is -0.315 e. The summed E-state index contributed by atoms with van der Waals surface area (Å²) in [5.41, 5.74) is 0. The zero-order valence-corrected chi connectivity index (χ0v) is 13.7. The van der Waals surface area contributed by atoms with Gasteiger partial charge in [0, 0.05) is 19.6 Å². The van der Waals surface area contributed by atoms with Crippen molar-refractivity contribution in [3.05, 3.63) is 23.1 Å². The maximum Gasteiger partial charge on any atom is 0.242 e. The lowest BCUT2D eigenvalue weighted by Crippen LogP contribution is -2.37. The monoisotopic (exact) mass is 300 g/mol. The number of likely N-dealkylation sites (N-methyl/N-ethyl adjacent to an activating group) is 1. The van der Waals surface area contributed by atoms with Crippen LogP contribution in [0.2, 0.25) is 0 Å². The van der Waals surface area contributed by atoms with E-state index in [2.05, 4.69) is 19.2 Å². The smallest absolute Gasteiger partial charge is 0.242 e. The third-order valence-electron chi connectivity index (χ3n) is 3.63. The van der Waals surface area contributed by atoms with Crippen LogP contribution in [0.1, 0.15) is 40.0 Å². The zero-order chi connectivity index (χ0) is 15.0. The highest BCUT2D eigenvalue weighted by atomic mass is 32.2. The van der Waals surface area contributed by atoms with Crippen LogP contribution in [0.3, 0.4) is 0 Å². The molecule has 0 saturated heterocycles. The predicted octanol–water partition coefficient (Wildman–Crippen LogP) is 2.51. The molecule has 1 aliphatic carbocycles. The molecule has 1 N–H and O–H groups in total. The SMILES string of the molecule is CCCNCCN(CC)S(=O)(=O)C1=CC[C@H](CC)C=C1. The highest BCUT2D eigenvalue weighted by Gasteiger charge is 2.25. The third kappa shape index (κ3) is 4.72. The van der Waals surface area contributed by atoms with Crippen LogP contribution >= 0.6 is 0 Å². The molecule has 4 nitrogen and oxygen atoms in total. The molecule has 0 radical (unpaired) electrons. The van der Waals surface area contributed by atoms with E-state index in [1.54, 1.807) is 10.4 Å². The van der Waals surface area contributed by atoms with E-state index >= 15 is 0 Å². The second-order valence-corrected chi connectivity index (χ2v) is 7.05. The Labute approximate surface area is 124 Å². The molecule has 0 aromatic heterocycles. The summed E-state index contributed by atoms with van der Waals surface area (Å²) in [5, 5.41) is 3.25. The van der Waals surface area contributed by atoms with E-state index in [9.17, 15) is 8.42 Å². The molecule has 0 amide bonds. The van der Waals surface area contributed by atoms with E-state index < -0.39 is 10.0 Å². The predicted molar refractivity (Wildman–Crippen MR) is 84.9 cm³/mol. The van der Waals surface area contributed by atoms with Gasteiger partial charge in [-0.3, -0.25) is 0 Å². The number of hydrogen-bond donors (Lipinski definition) is 1. The summed E-state index contributed by atoms with van der Waals surface area (Å²) in [6.45, 7) is 8.79. The second-order valence-electron chi connectivity index (χ2n) is 5.12. The summed E-state index contributed by atoms with van der Waals surface area (Å²) < 4.78 is 26.7. The topological polar surface area (TPSA) is 49.4 Å². The Morgan fingerprint density at radius 1 is 1.30 bits per heavy atom. The van der Waals surface area contributed by atoms with Gasteiger partial charge in [0.2, 0.25) is 10.0 Å². The molecular formula is C15H28N2O2S. The number of allylic oxidation sites excluding steroid dienone is 3. The van der Waals surface area contributed by atoms with Crippen LogP contribution in [0.5, 0.6) is 0 Å². The van der Waals surface area contributed by atoms with Crippen molar-refractivity contribution in [2.24, 2.45) is 5.92 Å². The zero-order valence-electron chi connectivity index (χ0n) is 12.9. The Balaban J connectivity index is 2.66. The summed E-state index contributed by atoms with van der Waals surface area (Å²) in [6, 6.07) is 0. The van der Waals surface area contributed by atoms with Crippen LogP contribution in [-0.2, 0) is 10.0 Å². The van der Waals surface area contributed by atoms with E-state index in [0.29, 0.717) is 30.5 Å². The second kappa shape index (κ2) is 8.60. The molecule has 1 rings (SSSR count). The van der Waals surface area contributed by atoms with Crippen LogP contribution < -0.4 is 5.32 Å². The van der Waals surface area contributed by atoms with Gasteiger partial charge in [0.1, 0.15) is 0 Å². The molecule has 0 spiro atoms. The fourth-order valence-corrected chi connectivity index (χ4v) is 3.77. The standard InChI is InChI=1S/C15H28N2O2S/c1-4-11-16-12-13-17(6-3)20(18,19)15-9-7-14(5-2)8-10-15/h7,9-10,14,16H,4-6,8,11-13H2,1-3H3/t14-/m1/s1. The molecule has 0 unspecified atom stereocenters. The summed E-state index contributed by atoms with van der Waals surface area (Å²) in [5.74, 6) is 0.482. The van der Waals surface area contributed by atoms with Crippen molar-refractivity contribution in [2.45, 2.75) is 40.0 Å². The first kappa shape index (κ1) is 17.4. The Morgan fingerprint density at radius 2 is 2.05 bits per heavy atom. The average molecular weight is 300 g/mol. The maximum absolute atomic E-state index is 12.6. The fourth-order valence-electron chi connectivity index (χ4n) is 2.24. The first-order valence-electron chi connectivity index (χ1n) is 7.65. The minimum absolute atomic E-state index is 0.458. The highest BCUT2D eigenvalue weighted by Crippen LogP contribution is 2.24. The van der Waals surface area contributed by atoms with Gasteiger partial charge in [-0.15, -0.1) is 0 Å². The van der Waals surface area contributed by atoms with Gasteiger partial charge in [0.05, 0.1) is 4.91 Å². The van der Waals surface area contributed by atoms with Gasteiger partial charge in [-0.2, -0.15) is 4.31 Å². The van der Waals surface area contributed by atoms with Crippen molar-refractivity contribution < 1.29 is 8.42 Å². The van der Waals surface area contributed by atoms with Gasteiger partial charge in [-0.1, -0.05) is 32.9 Å². The third-order valence-corrected chi connectivity index (χ3v) is 5.65. The number of rotatable bonds is 9. The molecule has 0 aliphatic heterocycles. The average Bonchev–Trinajstić information content (AvgIpc) is 2.47. The molecule has 1 atom stereocenters. The molecule has 0 heterocycles. The molecule has 5 heteroatoms. The largest absolute Gasteiger partial charge is 0.315 e. The Bertz CT molecular complexity index is 441. The fraction of sp³-hybridized carbons (Fsp3) is 0.733. The van der Waals surface area contributed by atoms with Crippen molar-refractivity contribution in [1.29, 1.82) is 0 Å². The first-order valence-corrected chi connectivity index (χ1v) is 9.09. The highest BCUT2D eigenvalue weighted by molar-refractivity contribution is 7.93. The van der Waals surface area contributed by atoms with Crippen molar-refractivity contribution >= 4 is 10.0 Å². The molecule has 0 aromatic carbocycles. The molecule has 20 heavy (non-hydrogen) atoms. The molecule has 1 aliphatic rings. The van der Waals surface area contributed by atoms with Crippen LogP contribution in [0, 0.1) is 5.92 Å². The quantitative estimate of drug-likeness (QED) is 0.666. The van der Waals surface area contributed by atoms with E-state index in [0.717, 1.165) is 25.8 Å². The minimum atomic E-state index is -3.33. The molecule has 116 valence electrons. The lowest BCUT2D eigenvalue weighted by molar-refractivity contribution is 0.424. The summed E-state index contributed by atoms with van der Waals surface area (Å²) in [4.78, 5) is 0.458. The lowest BCUT2D eigenvalue weighted by atomic mass is 9.98. The van der Waals surface area contributed by atoms with Crippen molar-refractivity contribution in [1.82, 2.24) is 9.62 Å². The summed E-state index contributed by atoms with van der Waals surface area (Å²) >= 11 is 0. The van der Waals surface area contributed by atoms with Gasteiger partial charge in [0.15, 0.2) is 0 Å². The van der Waals surface area contributed by atoms with Crippen LogP contribution in [-0.4, -0.2) is 38.9 Å². The number of nitrogens with zero attached hydrogens (tertiary/aromatic N) is 1. The normalized spacial score (nSPS) is 19.4. The first-order chi connectivity index (χ1) is 9.56. The van der Waals surface area contributed by atoms with Crippen LogP contribution in [0.4, 0.5) is 0 Å². The van der Waals surface area contributed by atoms with Crippen LogP contribution in [0.15, 0.2) is 23.1 Å². The van der Waals surface area contributed by atoms with Gasteiger partial charge in [0.25, 0.3) is 0 Å². The molecule has 0 fully saturated rings. The number of sulfonamides is 1. The maximum atomic E-state index is 12.6. The van der Waals surface area contributed by atoms with Crippen molar-refractivity contribution in [3.63, 3.8) is 0 Å². The lowest BCUT2D eigenvalue weighted by Gasteiger charge is -2.23. The van der Waals surface area contributed by atoms with Gasteiger partial charge >= 0.3 is 0 Å². The molecular weight excluding hydrogens is 272 g/mol.